The van der Waals surface area contributed by atoms with E-state index in [1.807, 2.05) is 12.1 Å². The molecule has 19 heavy (non-hydrogen) atoms. The molecule has 4 heteroatoms. The van der Waals surface area contributed by atoms with Crippen molar-refractivity contribution < 1.29 is 14.6 Å². The molecule has 3 nitrogen and oxygen atoms in total. The highest BCUT2D eigenvalue weighted by Gasteiger charge is 2.14. The van der Waals surface area contributed by atoms with Crippen LogP contribution in [0, 0.1) is 0 Å². The van der Waals surface area contributed by atoms with Crippen molar-refractivity contribution in [2.75, 3.05) is 0 Å². The molecule has 1 N–H and O–H groups in total. The van der Waals surface area contributed by atoms with E-state index >= 15 is 0 Å². The zero-order chi connectivity index (χ0) is 13.2. The number of rotatable bonds is 4. The standard InChI is InChI=1S/C15H14O3S/c16-15(17)14-12(6-7-19-14)9-18-13-5-4-10-2-1-3-11(10)8-13/h4-8H,1-3,9H2,(H,16,17). The second kappa shape index (κ2) is 5.05. The Labute approximate surface area is 115 Å². The lowest BCUT2D eigenvalue weighted by atomic mass is 10.1. The molecule has 2 aromatic rings. The molecule has 0 fully saturated rings. The number of fused-ring (bicyclic) bond motifs is 1. The Morgan fingerprint density at radius 3 is 2.95 bits per heavy atom. The minimum Gasteiger partial charge on any atom is -0.489 e. The molecule has 3 rings (SSSR count). The minimum atomic E-state index is -0.887. The summed E-state index contributed by atoms with van der Waals surface area (Å²) in [6.07, 6.45) is 3.49. The van der Waals surface area contributed by atoms with Crippen LogP contribution in [0.2, 0.25) is 0 Å². The van der Waals surface area contributed by atoms with E-state index in [-0.39, 0.29) is 0 Å². The number of aromatic carboxylic acids is 1. The summed E-state index contributed by atoms with van der Waals surface area (Å²) in [7, 11) is 0. The molecule has 0 spiro atoms. The Balaban J connectivity index is 1.72. The van der Waals surface area contributed by atoms with Gasteiger partial charge in [0.25, 0.3) is 0 Å². The van der Waals surface area contributed by atoms with Crippen LogP contribution in [0.5, 0.6) is 5.75 Å². The quantitative estimate of drug-likeness (QED) is 0.928. The average Bonchev–Trinajstić information content (AvgIpc) is 3.04. The Morgan fingerprint density at radius 2 is 2.11 bits per heavy atom. The number of benzene rings is 1. The Bertz CT molecular complexity index is 616. The molecule has 98 valence electrons. The summed E-state index contributed by atoms with van der Waals surface area (Å²) in [5, 5.41) is 10.8. The molecule has 0 unspecified atom stereocenters. The maximum Gasteiger partial charge on any atom is 0.346 e. The van der Waals surface area contributed by atoms with Gasteiger partial charge >= 0.3 is 5.97 Å². The van der Waals surface area contributed by atoms with Crippen molar-refractivity contribution in [1.82, 2.24) is 0 Å². The van der Waals surface area contributed by atoms with Crippen LogP contribution in [0.3, 0.4) is 0 Å². The number of thiophene rings is 1. The number of carbonyl (C=O) groups is 1. The fourth-order valence-corrected chi connectivity index (χ4v) is 3.18. The average molecular weight is 274 g/mol. The second-order valence-corrected chi connectivity index (χ2v) is 5.57. The molecule has 0 amide bonds. The van der Waals surface area contributed by atoms with Crippen LogP contribution in [0.15, 0.2) is 29.6 Å². The van der Waals surface area contributed by atoms with Gasteiger partial charge in [-0.2, -0.15) is 0 Å². The first-order valence-corrected chi connectivity index (χ1v) is 7.16. The van der Waals surface area contributed by atoms with Crippen LogP contribution in [0.4, 0.5) is 0 Å². The van der Waals surface area contributed by atoms with Crippen LogP contribution < -0.4 is 4.74 Å². The van der Waals surface area contributed by atoms with Crippen LogP contribution in [-0.4, -0.2) is 11.1 Å². The summed E-state index contributed by atoms with van der Waals surface area (Å²) in [5.41, 5.74) is 3.51. The Kier molecular flexibility index (Phi) is 3.25. The number of carboxylic acids is 1. The first-order valence-electron chi connectivity index (χ1n) is 6.28. The first kappa shape index (κ1) is 12.2. The van der Waals surface area contributed by atoms with Crippen molar-refractivity contribution in [3.63, 3.8) is 0 Å². The van der Waals surface area contributed by atoms with Gasteiger partial charge in [0.05, 0.1) is 0 Å². The zero-order valence-corrected chi connectivity index (χ0v) is 11.2. The van der Waals surface area contributed by atoms with Gasteiger partial charge in [0.2, 0.25) is 0 Å². The van der Waals surface area contributed by atoms with E-state index < -0.39 is 5.97 Å². The number of aryl methyl sites for hydroxylation is 2. The van der Waals surface area contributed by atoms with Crippen LogP contribution in [0.25, 0.3) is 0 Å². The largest absolute Gasteiger partial charge is 0.489 e. The summed E-state index contributed by atoms with van der Waals surface area (Å²) < 4.78 is 5.71. The van der Waals surface area contributed by atoms with Crippen LogP contribution in [-0.2, 0) is 19.4 Å². The molecular formula is C15H14O3S. The van der Waals surface area contributed by atoms with Crippen molar-refractivity contribution in [2.45, 2.75) is 25.9 Å². The summed E-state index contributed by atoms with van der Waals surface area (Å²) >= 11 is 1.23. The second-order valence-electron chi connectivity index (χ2n) is 4.65. The molecule has 1 aromatic carbocycles. The molecule has 1 aliphatic rings. The van der Waals surface area contributed by atoms with Crippen LogP contribution >= 0.6 is 11.3 Å². The maximum absolute atomic E-state index is 11.0. The molecule has 0 atom stereocenters. The van der Waals surface area contributed by atoms with E-state index in [1.54, 1.807) is 5.38 Å². The van der Waals surface area contributed by atoms with Gasteiger partial charge < -0.3 is 9.84 Å². The normalized spacial score (nSPS) is 13.3. The maximum atomic E-state index is 11.0. The Hall–Kier alpha value is -1.81. The van der Waals surface area contributed by atoms with Gasteiger partial charge in [-0.3, -0.25) is 0 Å². The predicted octanol–water partition coefficient (Wildman–Crippen LogP) is 3.51. The van der Waals surface area contributed by atoms with Crippen molar-refractivity contribution in [2.24, 2.45) is 0 Å². The molecule has 0 saturated carbocycles. The van der Waals surface area contributed by atoms with E-state index in [0.29, 0.717) is 11.5 Å². The lowest BCUT2D eigenvalue weighted by molar-refractivity contribution is 0.0699. The molecular weight excluding hydrogens is 260 g/mol. The highest BCUT2D eigenvalue weighted by atomic mass is 32.1. The minimum absolute atomic E-state index is 0.309. The van der Waals surface area contributed by atoms with E-state index in [1.165, 1.54) is 28.9 Å². The van der Waals surface area contributed by atoms with E-state index in [4.69, 9.17) is 9.84 Å². The monoisotopic (exact) mass is 274 g/mol. The number of hydrogen-bond acceptors (Lipinski definition) is 3. The van der Waals surface area contributed by atoms with Gasteiger partial charge in [0, 0.05) is 5.56 Å². The van der Waals surface area contributed by atoms with E-state index in [0.717, 1.165) is 24.2 Å². The van der Waals surface area contributed by atoms with E-state index in [2.05, 4.69) is 12.1 Å². The Morgan fingerprint density at radius 1 is 1.26 bits per heavy atom. The molecule has 0 bridgehead atoms. The predicted molar refractivity (Wildman–Crippen MR) is 74.1 cm³/mol. The molecule has 1 aromatic heterocycles. The van der Waals surface area contributed by atoms with Crippen molar-refractivity contribution in [3.05, 3.63) is 51.2 Å². The third kappa shape index (κ3) is 2.49. The topological polar surface area (TPSA) is 46.5 Å². The van der Waals surface area contributed by atoms with Gasteiger partial charge in [0.1, 0.15) is 17.2 Å². The fourth-order valence-electron chi connectivity index (χ4n) is 2.44. The van der Waals surface area contributed by atoms with Gasteiger partial charge in [-0.05, 0) is 54.0 Å². The third-order valence-electron chi connectivity index (χ3n) is 3.41. The third-order valence-corrected chi connectivity index (χ3v) is 4.35. The van der Waals surface area contributed by atoms with E-state index in [9.17, 15) is 4.79 Å². The van der Waals surface area contributed by atoms with Crippen LogP contribution in [0.1, 0.15) is 32.8 Å². The van der Waals surface area contributed by atoms with Crippen molar-refractivity contribution in [1.29, 1.82) is 0 Å². The number of ether oxygens (including phenoxy) is 1. The van der Waals surface area contributed by atoms with Gasteiger partial charge in [-0.1, -0.05) is 6.07 Å². The van der Waals surface area contributed by atoms with Crippen molar-refractivity contribution in [3.8, 4) is 5.75 Å². The van der Waals surface area contributed by atoms with Crippen molar-refractivity contribution >= 4 is 17.3 Å². The molecule has 1 aliphatic carbocycles. The molecule has 0 radical (unpaired) electrons. The first-order chi connectivity index (χ1) is 9.24. The fraction of sp³-hybridized carbons (Fsp3) is 0.267. The SMILES string of the molecule is O=C(O)c1sccc1COc1ccc2c(c1)CCC2. The van der Waals surface area contributed by atoms with Gasteiger partial charge in [-0.25, -0.2) is 4.79 Å². The highest BCUT2D eigenvalue weighted by molar-refractivity contribution is 7.12. The summed E-state index contributed by atoms with van der Waals surface area (Å²) in [4.78, 5) is 11.4. The lowest BCUT2D eigenvalue weighted by Gasteiger charge is -2.08. The van der Waals surface area contributed by atoms with Gasteiger partial charge in [0.15, 0.2) is 0 Å². The number of hydrogen-bond donors (Lipinski definition) is 1. The summed E-state index contributed by atoms with van der Waals surface area (Å²) in [6, 6.07) is 7.97. The summed E-state index contributed by atoms with van der Waals surface area (Å²) in [5.74, 6) is -0.0641. The molecule has 1 heterocycles. The zero-order valence-electron chi connectivity index (χ0n) is 10.4. The highest BCUT2D eigenvalue weighted by Crippen LogP contribution is 2.27. The summed E-state index contributed by atoms with van der Waals surface area (Å²) in [6.45, 7) is 0.309. The van der Waals surface area contributed by atoms with Gasteiger partial charge in [-0.15, -0.1) is 11.3 Å². The molecule has 0 aliphatic heterocycles. The number of carboxylic acid groups (broad SMARTS) is 1. The smallest absolute Gasteiger partial charge is 0.346 e. The molecule has 0 saturated heterocycles. The lowest BCUT2D eigenvalue weighted by Crippen LogP contribution is -2.02.